The summed E-state index contributed by atoms with van der Waals surface area (Å²) in [5, 5.41) is 6.38. The van der Waals surface area contributed by atoms with E-state index in [1.807, 2.05) is 25.1 Å². The maximum absolute atomic E-state index is 12.9. The molecule has 7 heteroatoms. The van der Waals surface area contributed by atoms with Crippen molar-refractivity contribution in [3.63, 3.8) is 0 Å². The van der Waals surface area contributed by atoms with E-state index in [0.717, 1.165) is 31.5 Å². The first-order valence-electron chi connectivity index (χ1n) is 9.32. The second-order valence-corrected chi connectivity index (χ2v) is 7.21. The number of aromatic nitrogens is 2. The molecule has 2 aromatic rings. The molecule has 1 aromatic heterocycles. The maximum Gasteiger partial charge on any atom is 0.251 e. The van der Waals surface area contributed by atoms with Crippen molar-refractivity contribution in [3.8, 4) is 0 Å². The highest BCUT2D eigenvalue weighted by molar-refractivity contribution is 5.94. The maximum atomic E-state index is 12.9. The fourth-order valence-electron chi connectivity index (χ4n) is 3.30. The van der Waals surface area contributed by atoms with Crippen molar-refractivity contribution in [1.29, 1.82) is 0 Å². The van der Waals surface area contributed by atoms with Gasteiger partial charge in [-0.15, -0.1) is 0 Å². The number of nitrogens with one attached hydrogen (secondary N) is 2. The second-order valence-electron chi connectivity index (χ2n) is 7.21. The summed E-state index contributed by atoms with van der Waals surface area (Å²) in [7, 11) is 3.91. The summed E-state index contributed by atoms with van der Waals surface area (Å²) in [5.74, 6) is 1.52. The molecule has 1 saturated carbocycles. The van der Waals surface area contributed by atoms with Crippen LogP contribution in [0.25, 0.3) is 0 Å². The Morgan fingerprint density at radius 1 is 1.15 bits per heavy atom. The Morgan fingerprint density at radius 3 is 2.52 bits per heavy atom. The van der Waals surface area contributed by atoms with Crippen molar-refractivity contribution >= 4 is 17.7 Å². The average molecular weight is 371 g/mol. The van der Waals surface area contributed by atoms with Crippen LogP contribution in [-0.2, 0) is 0 Å². The summed E-state index contributed by atoms with van der Waals surface area (Å²) in [6.45, 7) is 0.648. The first-order valence-corrected chi connectivity index (χ1v) is 9.32. The monoisotopic (exact) mass is 371 g/mol. The highest BCUT2D eigenvalue weighted by Gasteiger charge is 2.22. The van der Waals surface area contributed by atoms with Gasteiger partial charge in [0.1, 0.15) is 11.6 Å². The third-order valence-corrected chi connectivity index (χ3v) is 4.94. The Morgan fingerprint density at radius 2 is 1.85 bits per heavy atom. The molecule has 0 aliphatic heterocycles. The van der Waals surface area contributed by atoms with E-state index in [0.29, 0.717) is 30.0 Å². The van der Waals surface area contributed by atoms with Crippen molar-refractivity contribution in [2.24, 2.45) is 5.92 Å². The van der Waals surface area contributed by atoms with Crippen LogP contribution in [0.4, 0.5) is 16.2 Å². The van der Waals surface area contributed by atoms with Crippen LogP contribution in [0.15, 0.2) is 36.5 Å². The molecule has 3 rings (SSSR count). The van der Waals surface area contributed by atoms with Crippen LogP contribution in [0.2, 0.25) is 0 Å². The number of benzene rings is 1. The van der Waals surface area contributed by atoms with Gasteiger partial charge in [-0.2, -0.15) is 4.98 Å². The van der Waals surface area contributed by atoms with Gasteiger partial charge < -0.3 is 15.5 Å². The van der Waals surface area contributed by atoms with E-state index in [4.69, 9.17) is 0 Å². The zero-order valence-electron chi connectivity index (χ0n) is 15.8. The minimum Gasteiger partial charge on any atom is -0.363 e. The fraction of sp³-hybridized carbons (Fsp3) is 0.450. The molecule has 0 atom stereocenters. The predicted octanol–water partition coefficient (Wildman–Crippen LogP) is 3.08. The molecule has 1 heterocycles. The molecule has 1 fully saturated rings. The van der Waals surface area contributed by atoms with Gasteiger partial charge in [0, 0.05) is 38.4 Å². The molecular formula is C20H26FN5O. The summed E-state index contributed by atoms with van der Waals surface area (Å²) in [5.41, 5.74) is 0.490. The lowest BCUT2D eigenvalue weighted by Gasteiger charge is -2.29. The van der Waals surface area contributed by atoms with Crippen LogP contribution < -0.4 is 15.5 Å². The Hall–Kier alpha value is -2.70. The molecule has 2 N–H and O–H groups in total. The van der Waals surface area contributed by atoms with Crippen LogP contribution in [-0.4, -0.2) is 42.6 Å². The molecule has 144 valence electrons. The first kappa shape index (κ1) is 19.1. The largest absolute Gasteiger partial charge is 0.363 e. The summed E-state index contributed by atoms with van der Waals surface area (Å²) in [6, 6.07) is 7.86. The third-order valence-electron chi connectivity index (χ3n) is 4.94. The number of amides is 1. The summed E-state index contributed by atoms with van der Waals surface area (Å²) >= 11 is 0. The van der Waals surface area contributed by atoms with Crippen LogP contribution in [0.5, 0.6) is 0 Å². The van der Waals surface area contributed by atoms with Crippen LogP contribution in [0, 0.1) is 11.7 Å². The van der Waals surface area contributed by atoms with Crippen LogP contribution in [0.1, 0.15) is 36.0 Å². The zero-order chi connectivity index (χ0) is 19.2. The Balaban J connectivity index is 1.43. The first-order chi connectivity index (χ1) is 13.0. The lowest BCUT2D eigenvalue weighted by Crippen LogP contribution is -2.34. The van der Waals surface area contributed by atoms with Crippen molar-refractivity contribution < 1.29 is 9.18 Å². The lowest BCUT2D eigenvalue weighted by molar-refractivity contribution is 0.0943. The standard InChI is InChI=1S/C20H26FN5O/c1-26(2)18-11-12-22-20(25-18)24-17-9-3-14(4-10-17)13-23-19(27)15-5-7-16(21)8-6-15/h5-8,11-12,14,17H,3-4,9-10,13H2,1-2H3,(H,23,27)(H,22,24,25)/t14-,17+. The van der Waals surface area contributed by atoms with E-state index in [2.05, 4.69) is 20.6 Å². The molecule has 0 bridgehead atoms. The molecule has 27 heavy (non-hydrogen) atoms. The molecule has 1 amide bonds. The summed E-state index contributed by atoms with van der Waals surface area (Å²) < 4.78 is 12.9. The number of carbonyl (C=O) groups is 1. The van der Waals surface area contributed by atoms with Gasteiger partial charge >= 0.3 is 0 Å². The molecule has 0 spiro atoms. The highest BCUT2D eigenvalue weighted by atomic mass is 19.1. The van der Waals surface area contributed by atoms with Crippen molar-refractivity contribution in [2.75, 3.05) is 30.9 Å². The molecule has 1 aliphatic carbocycles. The number of rotatable bonds is 6. The summed E-state index contributed by atoms with van der Waals surface area (Å²) in [6.07, 6.45) is 5.88. The second kappa shape index (κ2) is 8.79. The van der Waals surface area contributed by atoms with E-state index in [1.165, 1.54) is 24.3 Å². The SMILES string of the molecule is CN(C)c1ccnc(N[C@H]2CC[C@@H](CNC(=O)c3ccc(F)cc3)CC2)n1. The van der Waals surface area contributed by atoms with Gasteiger partial charge in [-0.05, 0) is 61.9 Å². The lowest BCUT2D eigenvalue weighted by atomic mass is 9.86. The fourth-order valence-corrected chi connectivity index (χ4v) is 3.30. The minimum atomic E-state index is -0.336. The smallest absolute Gasteiger partial charge is 0.251 e. The number of carbonyl (C=O) groups excluding carboxylic acids is 1. The van der Waals surface area contributed by atoms with Gasteiger partial charge in [0.05, 0.1) is 0 Å². The highest BCUT2D eigenvalue weighted by Crippen LogP contribution is 2.26. The normalized spacial score (nSPS) is 19.4. The number of anilines is 2. The van der Waals surface area contributed by atoms with E-state index in [-0.39, 0.29) is 11.7 Å². The molecule has 6 nitrogen and oxygen atoms in total. The molecule has 0 saturated heterocycles. The van der Waals surface area contributed by atoms with Crippen LogP contribution in [0.3, 0.4) is 0 Å². The summed E-state index contributed by atoms with van der Waals surface area (Å²) in [4.78, 5) is 22.9. The molecular weight excluding hydrogens is 345 g/mol. The minimum absolute atomic E-state index is 0.149. The van der Waals surface area contributed by atoms with E-state index in [9.17, 15) is 9.18 Å². The Bertz CT molecular complexity index is 757. The zero-order valence-corrected chi connectivity index (χ0v) is 15.8. The van der Waals surface area contributed by atoms with E-state index in [1.54, 1.807) is 6.20 Å². The topological polar surface area (TPSA) is 70.2 Å². The number of halogens is 1. The van der Waals surface area contributed by atoms with Gasteiger partial charge in [-0.1, -0.05) is 0 Å². The molecule has 1 aromatic carbocycles. The number of nitrogens with zero attached hydrogens (tertiary/aromatic N) is 3. The Kier molecular flexibility index (Phi) is 6.21. The quantitative estimate of drug-likeness (QED) is 0.817. The van der Waals surface area contributed by atoms with Gasteiger partial charge in [0.15, 0.2) is 0 Å². The van der Waals surface area contributed by atoms with Crippen molar-refractivity contribution in [1.82, 2.24) is 15.3 Å². The molecule has 1 aliphatic rings. The molecule has 0 unspecified atom stereocenters. The van der Waals surface area contributed by atoms with Gasteiger partial charge in [0.2, 0.25) is 5.95 Å². The van der Waals surface area contributed by atoms with Gasteiger partial charge in [-0.3, -0.25) is 4.79 Å². The van der Waals surface area contributed by atoms with Crippen LogP contribution >= 0.6 is 0 Å². The third kappa shape index (κ3) is 5.39. The van der Waals surface area contributed by atoms with Gasteiger partial charge in [0.25, 0.3) is 5.91 Å². The predicted molar refractivity (Wildman–Crippen MR) is 104 cm³/mol. The Labute approximate surface area is 159 Å². The van der Waals surface area contributed by atoms with E-state index < -0.39 is 0 Å². The van der Waals surface area contributed by atoms with Crippen molar-refractivity contribution in [2.45, 2.75) is 31.7 Å². The van der Waals surface area contributed by atoms with Crippen molar-refractivity contribution in [3.05, 3.63) is 47.9 Å². The number of hydrogen-bond acceptors (Lipinski definition) is 5. The van der Waals surface area contributed by atoms with E-state index >= 15 is 0 Å². The number of hydrogen-bond donors (Lipinski definition) is 2. The van der Waals surface area contributed by atoms with Gasteiger partial charge in [-0.25, -0.2) is 9.37 Å². The molecule has 0 radical (unpaired) electrons. The average Bonchev–Trinajstić information content (AvgIpc) is 2.68.